The van der Waals surface area contributed by atoms with Gasteiger partial charge in [-0.2, -0.15) is 0 Å². The summed E-state index contributed by atoms with van der Waals surface area (Å²) in [5, 5.41) is 3.45. The maximum Gasteiger partial charge on any atom is 0.224 e. The van der Waals surface area contributed by atoms with Crippen LogP contribution in [0.5, 0.6) is 11.5 Å². The van der Waals surface area contributed by atoms with Gasteiger partial charge in [0.05, 0.1) is 27.4 Å². The average Bonchev–Trinajstić information content (AvgIpc) is 2.78. The van der Waals surface area contributed by atoms with Gasteiger partial charge in [0.1, 0.15) is 0 Å². The van der Waals surface area contributed by atoms with E-state index in [1.54, 1.807) is 14.2 Å². The first-order valence-electron chi connectivity index (χ1n) is 11.4. The van der Waals surface area contributed by atoms with Crippen LogP contribution in [0.3, 0.4) is 0 Å². The zero-order chi connectivity index (χ0) is 21.1. The maximum absolute atomic E-state index is 13.1. The molecule has 4 rings (SSSR count). The molecule has 3 unspecified atom stereocenters. The van der Waals surface area contributed by atoms with Crippen molar-refractivity contribution in [3.63, 3.8) is 0 Å². The molecule has 1 aromatic rings. The standard InChI is InChI=1S/C24H36N2O4/c1-16(15-26-10-12-30-13-11-26)24(27)25-23-19-7-5-4-6-18(19)22(23)17-8-9-20(28-2)21(14-17)29-3/h8-9,14,16,18-19,22-23H,4-7,10-13,15H2,1-3H3,(H,25,27)/t16?,18?,19?,22-,23-/m0/s1. The normalized spacial score (nSPS) is 30.0. The maximum atomic E-state index is 13.1. The van der Waals surface area contributed by atoms with Crippen LogP contribution in [0.25, 0.3) is 0 Å². The van der Waals surface area contributed by atoms with Crippen LogP contribution in [-0.2, 0) is 9.53 Å². The molecule has 1 amide bonds. The number of ether oxygens (including phenoxy) is 3. The molecule has 0 aromatic heterocycles. The zero-order valence-corrected chi connectivity index (χ0v) is 18.6. The summed E-state index contributed by atoms with van der Waals surface area (Å²) in [6.45, 7) is 6.22. The topological polar surface area (TPSA) is 60.0 Å². The minimum Gasteiger partial charge on any atom is -0.493 e. The largest absolute Gasteiger partial charge is 0.493 e. The molecule has 1 heterocycles. The molecule has 2 aliphatic carbocycles. The molecule has 6 nitrogen and oxygen atoms in total. The summed E-state index contributed by atoms with van der Waals surface area (Å²) < 4.78 is 16.4. The molecule has 0 spiro atoms. The molecule has 6 heteroatoms. The van der Waals surface area contributed by atoms with E-state index in [9.17, 15) is 4.79 Å². The molecule has 1 aliphatic heterocycles. The molecule has 1 N–H and O–H groups in total. The highest BCUT2D eigenvalue weighted by atomic mass is 16.5. The number of carbonyl (C=O) groups is 1. The van der Waals surface area contributed by atoms with Crippen LogP contribution in [0.2, 0.25) is 0 Å². The Balaban J connectivity index is 1.46. The van der Waals surface area contributed by atoms with Gasteiger partial charge in [-0.1, -0.05) is 25.8 Å². The van der Waals surface area contributed by atoms with E-state index >= 15 is 0 Å². The summed E-state index contributed by atoms with van der Waals surface area (Å²) in [5.74, 6) is 3.28. The van der Waals surface area contributed by atoms with Crippen molar-refractivity contribution >= 4 is 5.91 Å². The van der Waals surface area contributed by atoms with Gasteiger partial charge in [-0.05, 0) is 42.4 Å². The van der Waals surface area contributed by atoms with Crippen LogP contribution in [-0.4, -0.2) is 63.9 Å². The van der Waals surface area contributed by atoms with Crippen LogP contribution < -0.4 is 14.8 Å². The quantitative estimate of drug-likeness (QED) is 0.740. The molecule has 2 saturated carbocycles. The Bertz CT molecular complexity index is 734. The van der Waals surface area contributed by atoms with Gasteiger partial charge in [-0.3, -0.25) is 9.69 Å². The summed E-state index contributed by atoms with van der Waals surface area (Å²) in [6.07, 6.45) is 5.03. The van der Waals surface area contributed by atoms with Gasteiger partial charge in [0.2, 0.25) is 5.91 Å². The highest BCUT2D eigenvalue weighted by Crippen LogP contribution is 2.55. The summed E-state index contributed by atoms with van der Waals surface area (Å²) in [7, 11) is 3.34. The number of carbonyl (C=O) groups excluding carboxylic acids is 1. The molecule has 0 radical (unpaired) electrons. The van der Waals surface area contributed by atoms with Gasteiger partial charge in [0, 0.05) is 37.5 Å². The van der Waals surface area contributed by atoms with Gasteiger partial charge in [0.25, 0.3) is 0 Å². The van der Waals surface area contributed by atoms with Crippen molar-refractivity contribution in [1.29, 1.82) is 0 Å². The third-order valence-corrected chi connectivity index (χ3v) is 7.37. The number of amides is 1. The second-order valence-corrected chi connectivity index (χ2v) is 9.10. The van der Waals surface area contributed by atoms with Crippen LogP contribution >= 0.6 is 0 Å². The number of morpholine rings is 1. The minimum absolute atomic E-state index is 0.0169. The predicted molar refractivity (Wildman–Crippen MR) is 116 cm³/mol. The number of nitrogens with zero attached hydrogens (tertiary/aromatic N) is 1. The number of rotatable bonds is 7. The molecule has 0 bridgehead atoms. The van der Waals surface area contributed by atoms with Crippen molar-refractivity contribution < 1.29 is 19.0 Å². The third kappa shape index (κ3) is 4.30. The fraction of sp³-hybridized carbons (Fsp3) is 0.708. The van der Waals surface area contributed by atoms with E-state index < -0.39 is 0 Å². The molecular weight excluding hydrogens is 380 g/mol. The van der Waals surface area contributed by atoms with E-state index in [-0.39, 0.29) is 17.9 Å². The van der Waals surface area contributed by atoms with Crippen LogP contribution in [0.4, 0.5) is 0 Å². The number of fused-ring (bicyclic) bond motifs is 1. The minimum atomic E-state index is -0.0169. The van der Waals surface area contributed by atoms with Crippen LogP contribution in [0.15, 0.2) is 18.2 Å². The molecule has 3 aliphatic rings. The summed E-state index contributed by atoms with van der Waals surface area (Å²) in [6, 6.07) is 6.45. The van der Waals surface area contributed by atoms with Gasteiger partial charge in [0.15, 0.2) is 11.5 Å². The van der Waals surface area contributed by atoms with Crippen molar-refractivity contribution in [2.24, 2.45) is 17.8 Å². The van der Waals surface area contributed by atoms with Crippen molar-refractivity contribution in [1.82, 2.24) is 10.2 Å². The number of methoxy groups -OCH3 is 2. The van der Waals surface area contributed by atoms with Crippen molar-refractivity contribution in [2.45, 2.75) is 44.6 Å². The van der Waals surface area contributed by atoms with Crippen molar-refractivity contribution in [3.05, 3.63) is 23.8 Å². The van der Waals surface area contributed by atoms with Crippen LogP contribution in [0, 0.1) is 17.8 Å². The fourth-order valence-corrected chi connectivity index (χ4v) is 5.74. The van der Waals surface area contributed by atoms with E-state index in [2.05, 4.69) is 22.3 Å². The van der Waals surface area contributed by atoms with Gasteiger partial charge >= 0.3 is 0 Å². The number of benzene rings is 1. The Morgan fingerprint density at radius 2 is 1.83 bits per heavy atom. The Kier molecular flexibility index (Phi) is 6.84. The average molecular weight is 417 g/mol. The molecule has 1 aromatic carbocycles. The lowest BCUT2D eigenvalue weighted by atomic mass is 9.53. The molecule has 3 fully saturated rings. The molecule has 5 atom stereocenters. The monoisotopic (exact) mass is 416 g/mol. The summed E-state index contributed by atoms with van der Waals surface area (Å²) >= 11 is 0. The first-order chi connectivity index (χ1) is 14.6. The van der Waals surface area contributed by atoms with E-state index in [1.807, 2.05) is 13.0 Å². The third-order valence-electron chi connectivity index (χ3n) is 7.37. The Hall–Kier alpha value is -1.79. The number of hydrogen-bond acceptors (Lipinski definition) is 5. The molecule has 30 heavy (non-hydrogen) atoms. The van der Waals surface area contributed by atoms with Crippen molar-refractivity contribution in [2.75, 3.05) is 47.1 Å². The highest BCUT2D eigenvalue weighted by Gasteiger charge is 2.52. The zero-order valence-electron chi connectivity index (χ0n) is 18.6. The van der Waals surface area contributed by atoms with Gasteiger partial charge in [-0.15, -0.1) is 0 Å². The Labute approximate surface area is 180 Å². The molecular formula is C24H36N2O4. The second-order valence-electron chi connectivity index (χ2n) is 9.10. The lowest BCUT2D eigenvalue weighted by Crippen LogP contribution is -2.60. The second kappa shape index (κ2) is 9.56. The highest BCUT2D eigenvalue weighted by molar-refractivity contribution is 5.79. The Morgan fingerprint density at radius 3 is 2.53 bits per heavy atom. The lowest BCUT2D eigenvalue weighted by molar-refractivity contribution is -0.129. The molecule has 1 saturated heterocycles. The number of nitrogens with one attached hydrogen (secondary N) is 1. The Morgan fingerprint density at radius 1 is 1.13 bits per heavy atom. The van der Waals surface area contributed by atoms with Gasteiger partial charge < -0.3 is 19.5 Å². The van der Waals surface area contributed by atoms with E-state index in [4.69, 9.17) is 14.2 Å². The van der Waals surface area contributed by atoms with E-state index in [0.717, 1.165) is 44.3 Å². The molecule has 166 valence electrons. The predicted octanol–water partition coefficient (Wildman–Crippen LogP) is 3.06. The van der Waals surface area contributed by atoms with Crippen LogP contribution in [0.1, 0.15) is 44.1 Å². The smallest absolute Gasteiger partial charge is 0.224 e. The first-order valence-corrected chi connectivity index (χ1v) is 11.4. The lowest BCUT2D eigenvalue weighted by Gasteiger charge is -2.55. The SMILES string of the molecule is COc1ccc([C@H]2C3CCCCC3[C@@H]2NC(=O)C(C)CN2CCOCC2)cc1OC. The van der Waals surface area contributed by atoms with Crippen molar-refractivity contribution in [3.8, 4) is 11.5 Å². The fourth-order valence-electron chi connectivity index (χ4n) is 5.74. The van der Waals surface area contributed by atoms with E-state index in [0.29, 0.717) is 17.8 Å². The van der Waals surface area contributed by atoms with E-state index in [1.165, 1.54) is 31.2 Å². The summed E-state index contributed by atoms with van der Waals surface area (Å²) in [5.41, 5.74) is 1.25. The van der Waals surface area contributed by atoms with Gasteiger partial charge in [-0.25, -0.2) is 0 Å². The first kappa shape index (κ1) is 21.4. The summed E-state index contributed by atoms with van der Waals surface area (Å²) in [4.78, 5) is 15.4. The number of hydrogen-bond donors (Lipinski definition) is 1.